The van der Waals surface area contributed by atoms with Gasteiger partial charge in [-0.3, -0.25) is 4.79 Å². The molecule has 0 aliphatic carbocycles. The number of rotatable bonds is 7. The summed E-state index contributed by atoms with van der Waals surface area (Å²) in [5.74, 6) is -0.0812. The Labute approximate surface area is 127 Å². The quantitative estimate of drug-likeness (QED) is 0.717. The molecular formula is C15H25ClN2O2. The van der Waals surface area contributed by atoms with Gasteiger partial charge in [-0.1, -0.05) is 50.6 Å². The van der Waals surface area contributed by atoms with E-state index in [-0.39, 0.29) is 36.8 Å². The molecule has 1 rings (SSSR count). The predicted molar refractivity (Wildman–Crippen MR) is 84.0 cm³/mol. The Morgan fingerprint density at radius 1 is 1.35 bits per heavy atom. The van der Waals surface area contributed by atoms with Gasteiger partial charge in [0.05, 0.1) is 12.6 Å². The third-order valence-electron chi connectivity index (χ3n) is 3.57. The van der Waals surface area contributed by atoms with Crippen LogP contribution >= 0.6 is 12.4 Å². The van der Waals surface area contributed by atoms with Gasteiger partial charge in [-0.05, 0) is 11.5 Å². The zero-order valence-electron chi connectivity index (χ0n) is 12.1. The van der Waals surface area contributed by atoms with E-state index >= 15 is 0 Å². The van der Waals surface area contributed by atoms with Crippen molar-refractivity contribution in [1.29, 1.82) is 0 Å². The summed E-state index contributed by atoms with van der Waals surface area (Å²) in [6.45, 7) is 4.38. The molecule has 0 spiro atoms. The lowest BCUT2D eigenvalue weighted by molar-refractivity contribution is -0.123. The molecule has 4 N–H and O–H groups in total. The minimum atomic E-state index is -0.486. The summed E-state index contributed by atoms with van der Waals surface area (Å²) in [7, 11) is 0. The van der Waals surface area contributed by atoms with Gasteiger partial charge in [0.2, 0.25) is 5.91 Å². The van der Waals surface area contributed by atoms with Gasteiger partial charge in [0.15, 0.2) is 0 Å². The van der Waals surface area contributed by atoms with Crippen LogP contribution in [0, 0.1) is 5.92 Å². The Bertz CT molecular complexity index is 387. The van der Waals surface area contributed by atoms with Crippen LogP contribution in [0.2, 0.25) is 0 Å². The van der Waals surface area contributed by atoms with E-state index < -0.39 is 6.04 Å². The topological polar surface area (TPSA) is 75.4 Å². The number of aliphatic hydroxyl groups is 1. The summed E-state index contributed by atoms with van der Waals surface area (Å²) >= 11 is 0. The second kappa shape index (κ2) is 9.75. The van der Waals surface area contributed by atoms with E-state index in [0.717, 1.165) is 12.0 Å². The molecule has 0 aliphatic rings. The molecule has 1 amide bonds. The molecule has 0 aromatic heterocycles. The third-order valence-corrected chi connectivity index (χ3v) is 3.57. The molecule has 3 atom stereocenters. The summed E-state index contributed by atoms with van der Waals surface area (Å²) in [6.07, 6.45) is 0.872. The number of carbonyl (C=O) groups excluding carboxylic acids is 1. The minimum absolute atomic E-state index is 0. The van der Waals surface area contributed by atoms with Crippen LogP contribution in [0.25, 0.3) is 0 Å². The second-order valence-corrected chi connectivity index (χ2v) is 4.95. The Kier molecular flexibility index (Phi) is 9.21. The average molecular weight is 301 g/mol. The van der Waals surface area contributed by atoms with Crippen molar-refractivity contribution in [3.05, 3.63) is 35.9 Å². The zero-order chi connectivity index (χ0) is 14.3. The fourth-order valence-corrected chi connectivity index (χ4v) is 1.87. The maximum Gasteiger partial charge on any atom is 0.237 e. The summed E-state index contributed by atoms with van der Waals surface area (Å²) in [6, 6.07) is 9.17. The number of nitrogens with two attached hydrogens (primary N) is 1. The lowest BCUT2D eigenvalue weighted by atomic mass is 9.97. The van der Waals surface area contributed by atoms with Crippen molar-refractivity contribution < 1.29 is 9.90 Å². The van der Waals surface area contributed by atoms with Gasteiger partial charge in [0.25, 0.3) is 0 Å². The Hall–Kier alpha value is -1.10. The molecule has 114 valence electrons. The number of nitrogens with one attached hydrogen (secondary N) is 1. The largest absolute Gasteiger partial charge is 0.396 e. The molecule has 0 saturated heterocycles. The highest BCUT2D eigenvalue weighted by atomic mass is 35.5. The van der Waals surface area contributed by atoms with Gasteiger partial charge in [-0.15, -0.1) is 12.4 Å². The maximum atomic E-state index is 11.9. The van der Waals surface area contributed by atoms with Crippen LogP contribution in [0.1, 0.15) is 31.7 Å². The smallest absolute Gasteiger partial charge is 0.237 e. The van der Waals surface area contributed by atoms with E-state index in [0.29, 0.717) is 6.54 Å². The van der Waals surface area contributed by atoms with Gasteiger partial charge in [0, 0.05) is 12.5 Å². The molecule has 3 unspecified atom stereocenters. The molecule has 1 aromatic rings. The van der Waals surface area contributed by atoms with Gasteiger partial charge in [0.1, 0.15) is 0 Å². The monoisotopic (exact) mass is 300 g/mol. The van der Waals surface area contributed by atoms with Crippen LogP contribution in [0.4, 0.5) is 0 Å². The van der Waals surface area contributed by atoms with E-state index in [1.54, 1.807) is 0 Å². The van der Waals surface area contributed by atoms with Gasteiger partial charge in [-0.2, -0.15) is 0 Å². The molecular weight excluding hydrogens is 276 g/mol. The summed E-state index contributed by atoms with van der Waals surface area (Å²) in [4.78, 5) is 11.9. The molecule has 0 saturated carbocycles. The number of aliphatic hydroxyl groups excluding tert-OH is 1. The highest BCUT2D eigenvalue weighted by molar-refractivity contribution is 5.85. The van der Waals surface area contributed by atoms with E-state index in [4.69, 9.17) is 5.73 Å². The average Bonchev–Trinajstić information content (AvgIpc) is 2.47. The number of halogens is 1. The number of benzene rings is 1. The molecule has 0 fully saturated rings. The molecule has 0 radical (unpaired) electrons. The first-order valence-corrected chi connectivity index (χ1v) is 6.79. The highest BCUT2D eigenvalue weighted by Gasteiger charge is 2.20. The van der Waals surface area contributed by atoms with E-state index in [2.05, 4.69) is 5.32 Å². The first-order chi connectivity index (χ1) is 9.10. The van der Waals surface area contributed by atoms with Crippen molar-refractivity contribution in [3.63, 3.8) is 0 Å². The fourth-order valence-electron chi connectivity index (χ4n) is 1.87. The summed E-state index contributed by atoms with van der Waals surface area (Å²) < 4.78 is 0. The van der Waals surface area contributed by atoms with Gasteiger partial charge >= 0.3 is 0 Å². The van der Waals surface area contributed by atoms with E-state index in [1.165, 1.54) is 0 Å². The first kappa shape index (κ1) is 18.9. The van der Waals surface area contributed by atoms with Gasteiger partial charge in [-0.25, -0.2) is 0 Å². The van der Waals surface area contributed by atoms with Crippen molar-refractivity contribution in [2.45, 2.75) is 32.2 Å². The third kappa shape index (κ3) is 5.49. The lowest BCUT2D eigenvalue weighted by Crippen LogP contribution is -2.45. The molecule has 0 heterocycles. The Morgan fingerprint density at radius 3 is 2.45 bits per heavy atom. The standard InChI is InChI=1S/C15H24N2O2.ClH/c1-3-11(2)14(16)15(19)17-9-13(10-18)12-7-5-4-6-8-12;/h4-8,11,13-14,18H,3,9-10,16H2,1-2H3,(H,17,19);1H. The lowest BCUT2D eigenvalue weighted by Gasteiger charge is -2.20. The van der Waals surface area contributed by atoms with E-state index in [1.807, 2.05) is 44.2 Å². The van der Waals surface area contributed by atoms with Crippen LogP contribution in [-0.2, 0) is 4.79 Å². The van der Waals surface area contributed by atoms with Crippen LogP contribution < -0.4 is 11.1 Å². The van der Waals surface area contributed by atoms with Crippen LogP contribution in [-0.4, -0.2) is 30.2 Å². The molecule has 4 nitrogen and oxygen atoms in total. The molecule has 20 heavy (non-hydrogen) atoms. The number of hydrogen-bond acceptors (Lipinski definition) is 3. The van der Waals surface area contributed by atoms with Crippen LogP contribution in [0.3, 0.4) is 0 Å². The summed E-state index contributed by atoms with van der Waals surface area (Å²) in [5, 5.41) is 12.2. The van der Waals surface area contributed by atoms with Gasteiger partial charge < -0.3 is 16.2 Å². The SMILES string of the molecule is CCC(C)C(N)C(=O)NCC(CO)c1ccccc1.Cl. The second-order valence-electron chi connectivity index (χ2n) is 4.95. The zero-order valence-corrected chi connectivity index (χ0v) is 12.9. The summed E-state index contributed by atoms with van der Waals surface area (Å²) in [5.41, 5.74) is 6.88. The molecule has 0 aliphatic heterocycles. The van der Waals surface area contributed by atoms with E-state index in [9.17, 15) is 9.90 Å². The molecule has 5 heteroatoms. The molecule has 0 bridgehead atoms. The van der Waals surface area contributed by atoms with Crippen LogP contribution in [0.5, 0.6) is 0 Å². The number of carbonyl (C=O) groups is 1. The van der Waals surface area contributed by atoms with Crippen molar-refractivity contribution in [2.75, 3.05) is 13.2 Å². The normalized spacial score (nSPS) is 14.8. The first-order valence-electron chi connectivity index (χ1n) is 6.79. The van der Waals surface area contributed by atoms with Crippen molar-refractivity contribution >= 4 is 18.3 Å². The van der Waals surface area contributed by atoms with Crippen molar-refractivity contribution in [3.8, 4) is 0 Å². The Morgan fingerprint density at radius 2 is 1.95 bits per heavy atom. The minimum Gasteiger partial charge on any atom is -0.396 e. The number of amides is 1. The highest BCUT2D eigenvalue weighted by Crippen LogP contribution is 2.14. The number of hydrogen-bond donors (Lipinski definition) is 3. The van der Waals surface area contributed by atoms with Crippen molar-refractivity contribution in [2.24, 2.45) is 11.7 Å². The fraction of sp³-hybridized carbons (Fsp3) is 0.533. The maximum absolute atomic E-state index is 11.9. The Balaban J connectivity index is 0.00000361. The van der Waals surface area contributed by atoms with Crippen molar-refractivity contribution in [1.82, 2.24) is 5.32 Å². The molecule has 1 aromatic carbocycles. The van der Waals surface area contributed by atoms with Crippen LogP contribution in [0.15, 0.2) is 30.3 Å². The predicted octanol–water partition coefficient (Wildman–Crippen LogP) is 1.67.